The molecule has 0 unspecified atom stereocenters. The first-order chi connectivity index (χ1) is 13.9. The van der Waals surface area contributed by atoms with Crippen molar-refractivity contribution in [3.05, 3.63) is 60.2 Å². The summed E-state index contributed by atoms with van der Waals surface area (Å²) in [5.41, 5.74) is 1.75. The van der Waals surface area contributed by atoms with Crippen molar-refractivity contribution in [3.8, 4) is 17.1 Å². The summed E-state index contributed by atoms with van der Waals surface area (Å²) in [6, 6.07) is 17.6. The van der Waals surface area contributed by atoms with E-state index >= 15 is 0 Å². The highest BCUT2D eigenvalue weighted by molar-refractivity contribution is 7.99. The van der Waals surface area contributed by atoms with E-state index in [1.165, 1.54) is 11.8 Å². The van der Waals surface area contributed by atoms with Crippen molar-refractivity contribution >= 4 is 17.7 Å². The number of aromatic nitrogens is 3. The molecular weight excluding hydrogens is 384 g/mol. The molecule has 152 valence electrons. The van der Waals surface area contributed by atoms with Crippen molar-refractivity contribution in [2.75, 3.05) is 12.9 Å². The van der Waals surface area contributed by atoms with Crippen LogP contribution in [0, 0.1) is 0 Å². The molecule has 1 aromatic heterocycles. The van der Waals surface area contributed by atoms with Gasteiger partial charge in [-0.05, 0) is 50.6 Å². The summed E-state index contributed by atoms with van der Waals surface area (Å²) in [5, 5.41) is 7.73. The lowest BCUT2D eigenvalue weighted by atomic mass is 10.0. The number of nitrogens with zero attached hydrogens (tertiary/aromatic N) is 3. The summed E-state index contributed by atoms with van der Waals surface area (Å²) in [4.78, 5) is 19.3. The van der Waals surface area contributed by atoms with Crippen molar-refractivity contribution in [3.63, 3.8) is 0 Å². The molecule has 29 heavy (non-hydrogen) atoms. The van der Waals surface area contributed by atoms with Gasteiger partial charge in [-0.25, -0.2) is 4.98 Å². The van der Waals surface area contributed by atoms with Gasteiger partial charge in [0.15, 0.2) is 5.82 Å². The fourth-order valence-electron chi connectivity index (χ4n) is 2.86. The van der Waals surface area contributed by atoms with Crippen molar-refractivity contribution in [1.29, 1.82) is 0 Å². The number of methoxy groups -OCH3 is 1. The number of ether oxygens (including phenoxy) is 1. The maximum atomic E-state index is 12.9. The first kappa shape index (κ1) is 20.9. The monoisotopic (exact) mass is 410 g/mol. The molecule has 1 amide bonds. The Morgan fingerprint density at radius 3 is 2.41 bits per heavy atom. The third-order valence-electron chi connectivity index (χ3n) is 4.45. The van der Waals surface area contributed by atoms with Crippen LogP contribution < -0.4 is 4.74 Å². The summed E-state index contributed by atoms with van der Waals surface area (Å²) in [6.07, 6.45) is 0. The molecular formula is C22H26N4O2S. The number of amides is 1. The number of H-pyrrole nitrogens is 1. The molecule has 0 aliphatic heterocycles. The third kappa shape index (κ3) is 5.60. The van der Waals surface area contributed by atoms with Crippen LogP contribution in [0.4, 0.5) is 0 Å². The Hall–Kier alpha value is -2.80. The van der Waals surface area contributed by atoms with E-state index in [2.05, 4.69) is 15.2 Å². The van der Waals surface area contributed by atoms with E-state index in [1.54, 1.807) is 7.11 Å². The highest BCUT2D eigenvalue weighted by atomic mass is 32.2. The Bertz CT molecular complexity index is 933. The van der Waals surface area contributed by atoms with Gasteiger partial charge in [0.05, 0.1) is 12.9 Å². The fraction of sp³-hybridized carbons (Fsp3) is 0.318. The smallest absolute Gasteiger partial charge is 0.233 e. The average molecular weight is 411 g/mol. The van der Waals surface area contributed by atoms with Gasteiger partial charge >= 0.3 is 0 Å². The Labute approximate surface area is 175 Å². The second-order valence-corrected chi connectivity index (χ2v) is 8.56. The number of aromatic amines is 1. The van der Waals surface area contributed by atoms with Crippen molar-refractivity contribution in [2.45, 2.75) is 38.0 Å². The molecule has 0 aliphatic rings. The second kappa shape index (κ2) is 9.13. The Kier molecular flexibility index (Phi) is 6.59. The summed E-state index contributed by atoms with van der Waals surface area (Å²) in [7, 11) is 1.63. The number of carbonyl (C=O) groups excluding carboxylic acids is 1. The van der Waals surface area contributed by atoms with E-state index in [0.29, 0.717) is 17.5 Å². The molecule has 3 rings (SSSR count). The number of thioether (sulfide) groups is 1. The number of nitrogens with one attached hydrogen (secondary N) is 1. The molecule has 3 aromatic rings. The number of hydrogen-bond donors (Lipinski definition) is 1. The number of rotatable bonds is 7. The van der Waals surface area contributed by atoms with E-state index in [1.807, 2.05) is 80.3 Å². The minimum atomic E-state index is -0.277. The minimum Gasteiger partial charge on any atom is -0.497 e. The van der Waals surface area contributed by atoms with Crippen molar-refractivity contribution in [2.24, 2.45) is 0 Å². The van der Waals surface area contributed by atoms with Crippen LogP contribution in [0.1, 0.15) is 26.3 Å². The van der Waals surface area contributed by atoms with Gasteiger partial charge in [-0.15, -0.1) is 5.10 Å². The van der Waals surface area contributed by atoms with Gasteiger partial charge in [-0.1, -0.05) is 42.1 Å². The zero-order valence-electron chi connectivity index (χ0n) is 17.2. The van der Waals surface area contributed by atoms with Gasteiger partial charge in [-0.3, -0.25) is 9.89 Å². The molecule has 0 atom stereocenters. The van der Waals surface area contributed by atoms with Crippen LogP contribution in [0.5, 0.6) is 5.75 Å². The van der Waals surface area contributed by atoms with Crippen molar-refractivity contribution < 1.29 is 9.53 Å². The average Bonchev–Trinajstić information content (AvgIpc) is 3.19. The maximum Gasteiger partial charge on any atom is 0.233 e. The first-order valence-corrected chi connectivity index (χ1v) is 10.4. The molecule has 0 saturated heterocycles. The maximum absolute atomic E-state index is 12.9. The largest absolute Gasteiger partial charge is 0.497 e. The first-order valence-electron chi connectivity index (χ1n) is 9.41. The lowest BCUT2D eigenvalue weighted by Crippen LogP contribution is -2.45. The lowest BCUT2D eigenvalue weighted by molar-refractivity contribution is -0.133. The number of benzene rings is 2. The Balaban J connectivity index is 1.64. The van der Waals surface area contributed by atoms with Crippen LogP contribution in [0.15, 0.2) is 59.8 Å². The summed E-state index contributed by atoms with van der Waals surface area (Å²) in [6.45, 7) is 6.72. The quantitative estimate of drug-likeness (QED) is 0.585. The molecule has 2 aromatic carbocycles. The van der Waals surface area contributed by atoms with E-state index < -0.39 is 0 Å². The minimum absolute atomic E-state index is 0.0575. The van der Waals surface area contributed by atoms with E-state index in [0.717, 1.165) is 16.9 Å². The molecule has 0 aliphatic carbocycles. The van der Waals surface area contributed by atoms with Crippen LogP contribution >= 0.6 is 11.8 Å². The molecule has 0 fully saturated rings. The van der Waals surface area contributed by atoms with Gasteiger partial charge in [0.1, 0.15) is 5.75 Å². The summed E-state index contributed by atoms with van der Waals surface area (Å²) < 4.78 is 5.18. The molecule has 0 bridgehead atoms. The standard InChI is InChI=1S/C22H26N4O2S/c1-22(2,3)26(14-16-8-6-5-7-9-16)19(27)15-29-21-23-20(24-25-21)17-10-12-18(28-4)13-11-17/h5-13H,14-15H2,1-4H3,(H,23,24,25). The van der Waals surface area contributed by atoms with Gasteiger partial charge < -0.3 is 9.64 Å². The van der Waals surface area contributed by atoms with Crippen molar-refractivity contribution in [1.82, 2.24) is 20.1 Å². The third-order valence-corrected chi connectivity index (χ3v) is 5.28. The van der Waals surface area contributed by atoms with Crippen LogP contribution in [-0.2, 0) is 11.3 Å². The van der Waals surface area contributed by atoms with Gasteiger partial charge in [0, 0.05) is 17.6 Å². The molecule has 0 spiro atoms. The highest BCUT2D eigenvalue weighted by Gasteiger charge is 2.26. The molecule has 0 radical (unpaired) electrons. The van der Waals surface area contributed by atoms with Crippen LogP contribution in [0.2, 0.25) is 0 Å². The zero-order valence-corrected chi connectivity index (χ0v) is 18.0. The highest BCUT2D eigenvalue weighted by Crippen LogP contribution is 2.24. The number of carbonyl (C=O) groups is 1. The van der Waals surface area contributed by atoms with Gasteiger partial charge in [-0.2, -0.15) is 0 Å². The molecule has 1 heterocycles. The van der Waals surface area contributed by atoms with Gasteiger partial charge in [0.2, 0.25) is 11.1 Å². The topological polar surface area (TPSA) is 71.1 Å². The van der Waals surface area contributed by atoms with Crippen LogP contribution in [-0.4, -0.2) is 44.4 Å². The van der Waals surface area contributed by atoms with Crippen LogP contribution in [0.25, 0.3) is 11.4 Å². The van der Waals surface area contributed by atoms with E-state index in [9.17, 15) is 4.79 Å². The fourth-order valence-corrected chi connectivity index (χ4v) is 3.53. The molecule has 0 saturated carbocycles. The predicted octanol–water partition coefficient (Wildman–Crippen LogP) is 4.40. The van der Waals surface area contributed by atoms with E-state index in [4.69, 9.17) is 4.74 Å². The van der Waals surface area contributed by atoms with Gasteiger partial charge in [0.25, 0.3) is 0 Å². The van der Waals surface area contributed by atoms with E-state index in [-0.39, 0.29) is 17.2 Å². The van der Waals surface area contributed by atoms with Crippen LogP contribution in [0.3, 0.4) is 0 Å². The zero-order chi connectivity index (χ0) is 20.9. The second-order valence-electron chi connectivity index (χ2n) is 7.62. The number of hydrogen-bond acceptors (Lipinski definition) is 5. The normalized spacial score (nSPS) is 11.3. The molecule has 7 heteroatoms. The lowest BCUT2D eigenvalue weighted by Gasteiger charge is -2.35. The predicted molar refractivity (Wildman–Crippen MR) is 116 cm³/mol. The summed E-state index contributed by atoms with van der Waals surface area (Å²) >= 11 is 1.34. The Morgan fingerprint density at radius 2 is 1.79 bits per heavy atom. The SMILES string of the molecule is COc1ccc(-c2nc(SCC(=O)N(Cc3ccccc3)C(C)(C)C)n[nH]2)cc1. The Morgan fingerprint density at radius 1 is 1.10 bits per heavy atom. The molecule has 6 nitrogen and oxygen atoms in total. The summed E-state index contributed by atoms with van der Waals surface area (Å²) in [5.74, 6) is 1.79. The molecule has 1 N–H and O–H groups in total.